The van der Waals surface area contributed by atoms with E-state index in [4.69, 9.17) is 11.6 Å². The van der Waals surface area contributed by atoms with Crippen molar-refractivity contribution in [2.75, 3.05) is 24.3 Å². The Morgan fingerprint density at radius 2 is 1.84 bits per heavy atom. The number of carbonyl (C=O) groups is 1. The van der Waals surface area contributed by atoms with Gasteiger partial charge < -0.3 is 15.5 Å². The Bertz CT molecular complexity index is 451. The molecule has 8 heteroatoms. The molecule has 106 valence electrons. The van der Waals surface area contributed by atoms with Gasteiger partial charge in [-0.2, -0.15) is 15.0 Å². The SMILES string of the molecule is CC(C)NC(=O)C(C)Nc1nc(Cl)nc(N(C)C)n1. The summed E-state index contributed by atoms with van der Waals surface area (Å²) < 4.78 is 0. The van der Waals surface area contributed by atoms with Gasteiger partial charge in [-0.3, -0.25) is 4.79 Å². The maximum absolute atomic E-state index is 11.8. The highest BCUT2D eigenvalue weighted by Gasteiger charge is 2.16. The number of hydrogen-bond donors (Lipinski definition) is 2. The Labute approximate surface area is 117 Å². The van der Waals surface area contributed by atoms with Crippen molar-refractivity contribution in [2.45, 2.75) is 32.9 Å². The van der Waals surface area contributed by atoms with Crippen LogP contribution >= 0.6 is 11.6 Å². The fourth-order valence-electron chi connectivity index (χ4n) is 1.27. The van der Waals surface area contributed by atoms with Crippen LogP contribution in [0.5, 0.6) is 0 Å². The molecule has 0 bridgehead atoms. The van der Waals surface area contributed by atoms with Gasteiger partial charge in [0, 0.05) is 20.1 Å². The van der Waals surface area contributed by atoms with Gasteiger partial charge in [0.2, 0.25) is 23.1 Å². The summed E-state index contributed by atoms with van der Waals surface area (Å²) in [6.45, 7) is 5.52. The molecule has 1 unspecified atom stereocenters. The van der Waals surface area contributed by atoms with Gasteiger partial charge in [-0.25, -0.2) is 0 Å². The van der Waals surface area contributed by atoms with Gasteiger partial charge in [-0.15, -0.1) is 0 Å². The van der Waals surface area contributed by atoms with E-state index in [-0.39, 0.29) is 23.2 Å². The molecular weight excluding hydrogens is 268 g/mol. The zero-order chi connectivity index (χ0) is 14.6. The predicted octanol–water partition coefficient (Wildman–Crippen LogP) is 0.916. The van der Waals surface area contributed by atoms with Crippen LogP contribution < -0.4 is 15.5 Å². The van der Waals surface area contributed by atoms with E-state index < -0.39 is 6.04 Å². The summed E-state index contributed by atoms with van der Waals surface area (Å²) in [5.74, 6) is 0.576. The normalized spacial score (nSPS) is 12.2. The van der Waals surface area contributed by atoms with Gasteiger partial charge >= 0.3 is 0 Å². The number of amides is 1. The largest absolute Gasteiger partial charge is 0.352 e. The second-order valence-electron chi connectivity index (χ2n) is 4.65. The second kappa shape index (κ2) is 6.51. The van der Waals surface area contributed by atoms with E-state index in [2.05, 4.69) is 25.6 Å². The summed E-state index contributed by atoms with van der Waals surface area (Å²) in [4.78, 5) is 25.5. The van der Waals surface area contributed by atoms with Crippen LogP contribution in [0.1, 0.15) is 20.8 Å². The van der Waals surface area contributed by atoms with E-state index in [1.54, 1.807) is 25.9 Å². The molecule has 0 aliphatic heterocycles. The topological polar surface area (TPSA) is 83.0 Å². The van der Waals surface area contributed by atoms with Crippen LogP contribution in [0.4, 0.5) is 11.9 Å². The average Bonchev–Trinajstić information content (AvgIpc) is 2.26. The third kappa shape index (κ3) is 4.86. The molecule has 1 aromatic rings. The van der Waals surface area contributed by atoms with Crippen LogP contribution in [0.2, 0.25) is 5.28 Å². The second-order valence-corrected chi connectivity index (χ2v) is 4.99. The minimum Gasteiger partial charge on any atom is -0.352 e. The Balaban J connectivity index is 2.79. The van der Waals surface area contributed by atoms with Crippen molar-refractivity contribution < 1.29 is 4.79 Å². The molecule has 1 heterocycles. The van der Waals surface area contributed by atoms with Crippen LogP contribution in [0.25, 0.3) is 0 Å². The van der Waals surface area contributed by atoms with Gasteiger partial charge in [0.05, 0.1) is 0 Å². The van der Waals surface area contributed by atoms with E-state index in [0.29, 0.717) is 5.95 Å². The van der Waals surface area contributed by atoms with E-state index in [1.165, 1.54) is 0 Å². The molecule has 2 N–H and O–H groups in total. The molecule has 0 aromatic carbocycles. The molecule has 0 aliphatic rings. The Kier molecular flexibility index (Phi) is 5.29. The van der Waals surface area contributed by atoms with E-state index in [9.17, 15) is 4.79 Å². The first-order valence-corrected chi connectivity index (χ1v) is 6.33. The number of nitrogens with zero attached hydrogens (tertiary/aromatic N) is 4. The van der Waals surface area contributed by atoms with Crippen molar-refractivity contribution >= 4 is 29.4 Å². The minimum absolute atomic E-state index is 0.0797. The van der Waals surface area contributed by atoms with E-state index in [1.807, 2.05) is 13.8 Å². The van der Waals surface area contributed by atoms with Crippen molar-refractivity contribution in [2.24, 2.45) is 0 Å². The van der Waals surface area contributed by atoms with E-state index in [0.717, 1.165) is 0 Å². The minimum atomic E-state index is -0.462. The predicted molar refractivity (Wildman–Crippen MR) is 75.5 cm³/mol. The van der Waals surface area contributed by atoms with Gasteiger partial charge in [0.15, 0.2) is 0 Å². The Morgan fingerprint density at radius 3 is 2.37 bits per heavy atom. The summed E-state index contributed by atoms with van der Waals surface area (Å²) in [5, 5.41) is 5.78. The van der Waals surface area contributed by atoms with Gasteiger partial charge in [-0.1, -0.05) is 0 Å². The Hall–Kier alpha value is -1.63. The molecular formula is C11H19ClN6O. The van der Waals surface area contributed by atoms with Crippen LogP contribution in [0.15, 0.2) is 0 Å². The van der Waals surface area contributed by atoms with Crippen molar-refractivity contribution in [3.63, 3.8) is 0 Å². The van der Waals surface area contributed by atoms with Crippen LogP contribution in [-0.2, 0) is 4.79 Å². The van der Waals surface area contributed by atoms with E-state index >= 15 is 0 Å². The first-order chi connectivity index (χ1) is 8.79. The van der Waals surface area contributed by atoms with Gasteiger partial charge in [-0.05, 0) is 32.4 Å². The van der Waals surface area contributed by atoms with Crippen molar-refractivity contribution in [3.05, 3.63) is 5.28 Å². The molecule has 0 fully saturated rings. The van der Waals surface area contributed by atoms with Crippen LogP contribution in [-0.4, -0.2) is 47.0 Å². The quantitative estimate of drug-likeness (QED) is 0.837. The zero-order valence-electron chi connectivity index (χ0n) is 11.7. The lowest BCUT2D eigenvalue weighted by molar-refractivity contribution is -0.122. The molecule has 1 rings (SSSR count). The summed E-state index contributed by atoms with van der Waals surface area (Å²) in [5.41, 5.74) is 0. The average molecular weight is 287 g/mol. The molecule has 0 aliphatic carbocycles. The third-order valence-electron chi connectivity index (χ3n) is 2.17. The number of anilines is 2. The first-order valence-electron chi connectivity index (χ1n) is 5.95. The molecule has 0 saturated heterocycles. The standard InChI is InChI=1S/C11H19ClN6O/c1-6(2)13-8(19)7(3)14-10-15-9(12)16-11(17-10)18(4)5/h6-7H,1-5H3,(H,13,19)(H,14,15,16,17). The summed E-state index contributed by atoms with van der Waals surface area (Å²) >= 11 is 5.81. The number of carbonyl (C=O) groups excluding carboxylic acids is 1. The highest BCUT2D eigenvalue weighted by Crippen LogP contribution is 2.12. The number of hydrogen-bond acceptors (Lipinski definition) is 6. The molecule has 0 saturated carbocycles. The molecule has 0 radical (unpaired) electrons. The molecule has 1 aromatic heterocycles. The summed E-state index contributed by atoms with van der Waals surface area (Å²) in [6, 6.07) is -0.382. The number of nitrogens with one attached hydrogen (secondary N) is 2. The highest BCUT2D eigenvalue weighted by molar-refractivity contribution is 6.28. The lowest BCUT2D eigenvalue weighted by Gasteiger charge is -2.17. The number of aromatic nitrogens is 3. The van der Waals surface area contributed by atoms with Crippen LogP contribution in [0, 0.1) is 0 Å². The molecule has 7 nitrogen and oxygen atoms in total. The summed E-state index contributed by atoms with van der Waals surface area (Å²) in [7, 11) is 3.59. The zero-order valence-corrected chi connectivity index (χ0v) is 12.5. The highest BCUT2D eigenvalue weighted by atomic mass is 35.5. The fraction of sp³-hybridized carbons (Fsp3) is 0.636. The molecule has 1 atom stereocenters. The fourth-order valence-corrected chi connectivity index (χ4v) is 1.43. The lowest BCUT2D eigenvalue weighted by Crippen LogP contribution is -2.41. The monoisotopic (exact) mass is 286 g/mol. The van der Waals surface area contributed by atoms with Crippen molar-refractivity contribution in [1.29, 1.82) is 0 Å². The lowest BCUT2D eigenvalue weighted by atomic mass is 10.3. The summed E-state index contributed by atoms with van der Waals surface area (Å²) in [6.07, 6.45) is 0. The van der Waals surface area contributed by atoms with Gasteiger partial charge in [0.25, 0.3) is 0 Å². The number of rotatable bonds is 5. The van der Waals surface area contributed by atoms with Crippen LogP contribution in [0.3, 0.4) is 0 Å². The molecule has 0 spiro atoms. The maximum atomic E-state index is 11.8. The maximum Gasteiger partial charge on any atom is 0.242 e. The first kappa shape index (κ1) is 15.4. The third-order valence-corrected chi connectivity index (χ3v) is 2.34. The van der Waals surface area contributed by atoms with Crippen molar-refractivity contribution in [3.8, 4) is 0 Å². The number of halogens is 1. The molecule has 19 heavy (non-hydrogen) atoms. The van der Waals surface area contributed by atoms with Crippen molar-refractivity contribution in [1.82, 2.24) is 20.3 Å². The Morgan fingerprint density at radius 1 is 1.21 bits per heavy atom. The van der Waals surface area contributed by atoms with Gasteiger partial charge in [0.1, 0.15) is 6.04 Å². The smallest absolute Gasteiger partial charge is 0.242 e. The molecule has 1 amide bonds.